The van der Waals surface area contributed by atoms with Crippen molar-refractivity contribution in [2.45, 2.75) is 25.2 Å². The number of ether oxygens (including phenoxy) is 1. The predicted molar refractivity (Wildman–Crippen MR) is 89.1 cm³/mol. The molecule has 0 bridgehead atoms. The fraction of sp³-hybridized carbons (Fsp3) is 0.375. The number of carbonyl (C=O) groups excluding carboxylic acids is 1. The molecule has 0 saturated heterocycles. The number of hydrogen-bond donors (Lipinski definition) is 1. The minimum atomic E-state index is -3.37. The number of allylic oxidation sites excluding steroid dienone is 2. The number of nitrogens with zero attached hydrogens (tertiary/aromatic N) is 1. The van der Waals surface area contributed by atoms with Crippen molar-refractivity contribution in [3.05, 3.63) is 29.8 Å². The van der Waals surface area contributed by atoms with Crippen LogP contribution >= 0.6 is 0 Å². The van der Waals surface area contributed by atoms with Crippen molar-refractivity contribution < 1.29 is 17.9 Å². The Hall–Kier alpha value is -2.15. The molecule has 1 unspecified atom stereocenters. The van der Waals surface area contributed by atoms with Crippen molar-refractivity contribution in [1.29, 1.82) is 0 Å². The Morgan fingerprint density at radius 2 is 2.13 bits per heavy atom. The van der Waals surface area contributed by atoms with Gasteiger partial charge < -0.3 is 4.74 Å². The highest BCUT2D eigenvalue weighted by atomic mass is 32.2. The van der Waals surface area contributed by atoms with Crippen LogP contribution in [0.3, 0.4) is 0 Å². The monoisotopic (exact) mass is 336 g/mol. The molecule has 2 rings (SSSR count). The summed E-state index contributed by atoms with van der Waals surface area (Å²) in [5.41, 5.74) is 4.47. The molecule has 0 spiro atoms. The SMILES string of the molecule is COc1ccc(S(C)(=O)=O)c(C(C)=CC2=NNC(=O)CC2C)c1. The summed E-state index contributed by atoms with van der Waals surface area (Å²) < 4.78 is 29.2. The van der Waals surface area contributed by atoms with E-state index >= 15 is 0 Å². The third kappa shape index (κ3) is 3.98. The maximum Gasteiger partial charge on any atom is 0.240 e. The third-order valence-electron chi connectivity index (χ3n) is 3.68. The molecule has 0 aliphatic carbocycles. The lowest BCUT2D eigenvalue weighted by Crippen LogP contribution is -2.30. The van der Waals surface area contributed by atoms with Crippen LogP contribution in [-0.2, 0) is 14.6 Å². The van der Waals surface area contributed by atoms with Gasteiger partial charge in [0, 0.05) is 18.6 Å². The van der Waals surface area contributed by atoms with Crippen LogP contribution in [0.1, 0.15) is 25.8 Å². The fourth-order valence-electron chi connectivity index (χ4n) is 2.41. The van der Waals surface area contributed by atoms with E-state index in [0.29, 0.717) is 23.4 Å². The predicted octanol–water partition coefficient (Wildman–Crippen LogP) is 2.01. The molecule has 0 fully saturated rings. The molecule has 124 valence electrons. The first-order valence-corrected chi connectivity index (χ1v) is 9.04. The highest BCUT2D eigenvalue weighted by molar-refractivity contribution is 7.90. The van der Waals surface area contributed by atoms with Gasteiger partial charge in [-0.15, -0.1) is 0 Å². The molecule has 0 saturated carbocycles. The van der Waals surface area contributed by atoms with E-state index in [2.05, 4.69) is 10.5 Å². The molecule has 1 atom stereocenters. The largest absolute Gasteiger partial charge is 0.497 e. The number of nitrogens with one attached hydrogen (secondary N) is 1. The molecule has 0 radical (unpaired) electrons. The van der Waals surface area contributed by atoms with E-state index < -0.39 is 9.84 Å². The lowest BCUT2D eigenvalue weighted by molar-refractivity contribution is -0.121. The molecular weight excluding hydrogens is 316 g/mol. The standard InChI is InChI=1S/C16H20N2O4S/c1-10(7-14-11(2)8-16(19)18-17-14)13-9-12(22-3)5-6-15(13)23(4,20)21/h5-7,9,11H,8H2,1-4H3,(H,18,19). The lowest BCUT2D eigenvalue weighted by Gasteiger charge is -2.18. The van der Waals surface area contributed by atoms with Gasteiger partial charge in [0.25, 0.3) is 0 Å². The maximum atomic E-state index is 12.0. The average molecular weight is 336 g/mol. The maximum absolute atomic E-state index is 12.0. The summed E-state index contributed by atoms with van der Waals surface area (Å²) >= 11 is 0. The van der Waals surface area contributed by atoms with Crippen LogP contribution in [0, 0.1) is 5.92 Å². The normalized spacial score (nSPS) is 19.1. The highest BCUT2D eigenvalue weighted by Crippen LogP contribution is 2.28. The second kappa shape index (κ2) is 6.54. The van der Waals surface area contributed by atoms with Gasteiger partial charge in [0.15, 0.2) is 9.84 Å². The van der Waals surface area contributed by atoms with E-state index in [1.54, 1.807) is 18.2 Å². The number of sulfone groups is 1. The third-order valence-corrected chi connectivity index (χ3v) is 4.84. The summed E-state index contributed by atoms with van der Waals surface area (Å²) in [6.45, 7) is 3.72. The van der Waals surface area contributed by atoms with Gasteiger partial charge in [0.2, 0.25) is 5.91 Å². The highest BCUT2D eigenvalue weighted by Gasteiger charge is 2.20. The number of amides is 1. The van der Waals surface area contributed by atoms with Crippen LogP contribution in [0.4, 0.5) is 0 Å². The number of rotatable bonds is 4. The first kappa shape index (κ1) is 17.2. The smallest absolute Gasteiger partial charge is 0.240 e. The first-order valence-electron chi connectivity index (χ1n) is 7.15. The van der Waals surface area contributed by atoms with Crippen LogP contribution < -0.4 is 10.2 Å². The molecule has 1 aromatic carbocycles. The minimum absolute atomic E-state index is 0.0222. The van der Waals surface area contributed by atoms with Crippen molar-refractivity contribution in [3.8, 4) is 5.75 Å². The second-order valence-corrected chi connectivity index (χ2v) is 7.62. The van der Waals surface area contributed by atoms with Gasteiger partial charge in [-0.2, -0.15) is 5.10 Å². The van der Waals surface area contributed by atoms with Crippen molar-refractivity contribution in [1.82, 2.24) is 5.43 Å². The number of methoxy groups -OCH3 is 1. The van der Waals surface area contributed by atoms with Gasteiger partial charge in [0.05, 0.1) is 17.7 Å². The summed E-state index contributed by atoms with van der Waals surface area (Å²) in [7, 11) is -1.84. The fourth-order valence-corrected chi connectivity index (χ4v) is 3.34. The van der Waals surface area contributed by atoms with Crippen molar-refractivity contribution in [2.75, 3.05) is 13.4 Å². The first-order chi connectivity index (χ1) is 10.7. The summed E-state index contributed by atoms with van der Waals surface area (Å²) in [6, 6.07) is 4.84. The van der Waals surface area contributed by atoms with Crippen molar-refractivity contribution in [2.24, 2.45) is 11.0 Å². The van der Waals surface area contributed by atoms with Crippen LogP contribution in [0.5, 0.6) is 5.75 Å². The molecule has 1 aromatic rings. The number of carbonyl (C=O) groups is 1. The molecular formula is C16H20N2O4S. The molecule has 1 aliphatic heterocycles. The van der Waals surface area contributed by atoms with Crippen LogP contribution in [-0.4, -0.2) is 33.4 Å². The van der Waals surface area contributed by atoms with Gasteiger partial charge in [-0.1, -0.05) is 6.92 Å². The molecule has 23 heavy (non-hydrogen) atoms. The Morgan fingerprint density at radius 3 is 2.70 bits per heavy atom. The molecule has 7 heteroatoms. The van der Waals surface area contributed by atoms with Crippen molar-refractivity contribution in [3.63, 3.8) is 0 Å². The average Bonchev–Trinajstić information content (AvgIpc) is 2.48. The Bertz CT molecular complexity index is 794. The zero-order valence-corrected chi connectivity index (χ0v) is 14.4. The zero-order chi connectivity index (χ0) is 17.2. The molecule has 1 N–H and O–H groups in total. The summed E-state index contributed by atoms with van der Waals surface area (Å²) in [5.74, 6) is 0.434. The second-order valence-electron chi connectivity index (χ2n) is 5.64. The van der Waals surface area contributed by atoms with Gasteiger partial charge in [-0.25, -0.2) is 13.8 Å². The summed E-state index contributed by atoms with van der Waals surface area (Å²) in [6.07, 6.45) is 3.33. The van der Waals surface area contributed by atoms with E-state index in [9.17, 15) is 13.2 Å². The summed E-state index contributed by atoms with van der Waals surface area (Å²) in [5, 5.41) is 4.05. The topological polar surface area (TPSA) is 84.8 Å². The molecule has 0 aromatic heterocycles. The van der Waals surface area contributed by atoms with Crippen LogP contribution in [0.2, 0.25) is 0 Å². The van der Waals surface area contributed by atoms with Gasteiger partial charge in [0.1, 0.15) is 5.75 Å². The molecule has 1 heterocycles. The summed E-state index contributed by atoms with van der Waals surface area (Å²) in [4.78, 5) is 11.5. The Labute approximate surface area is 136 Å². The number of hydrogen-bond acceptors (Lipinski definition) is 5. The molecule has 1 aliphatic rings. The van der Waals surface area contributed by atoms with Gasteiger partial charge in [-0.05, 0) is 42.3 Å². The minimum Gasteiger partial charge on any atom is -0.497 e. The van der Waals surface area contributed by atoms with Crippen LogP contribution in [0.25, 0.3) is 5.57 Å². The molecule has 1 amide bonds. The van der Waals surface area contributed by atoms with Crippen molar-refractivity contribution >= 4 is 27.0 Å². The quantitative estimate of drug-likeness (QED) is 0.911. The van der Waals surface area contributed by atoms with E-state index in [-0.39, 0.29) is 16.7 Å². The molecule has 6 nitrogen and oxygen atoms in total. The van der Waals surface area contributed by atoms with E-state index in [0.717, 1.165) is 5.57 Å². The Balaban J connectivity index is 2.51. The lowest BCUT2D eigenvalue weighted by atomic mass is 9.96. The van der Waals surface area contributed by atoms with E-state index in [1.807, 2.05) is 13.8 Å². The Morgan fingerprint density at radius 1 is 1.43 bits per heavy atom. The Kier molecular flexibility index (Phi) is 4.89. The van der Waals surface area contributed by atoms with Gasteiger partial charge >= 0.3 is 0 Å². The van der Waals surface area contributed by atoms with Gasteiger partial charge in [-0.3, -0.25) is 4.79 Å². The zero-order valence-electron chi connectivity index (χ0n) is 13.6. The van der Waals surface area contributed by atoms with Crippen LogP contribution in [0.15, 0.2) is 34.3 Å². The number of hydrazone groups is 1. The number of benzene rings is 1. The van der Waals surface area contributed by atoms with E-state index in [4.69, 9.17) is 4.74 Å². The van der Waals surface area contributed by atoms with E-state index in [1.165, 1.54) is 19.4 Å².